The minimum absolute atomic E-state index is 0.341. The second kappa shape index (κ2) is 4.09. The third-order valence-electron chi connectivity index (χ3n) is 2.94. The van der Waals surface area contributed by atoms with Crippen LogP contribution in [0.3, 0.4) is 0 Å². The molecular weight excluding hydrogens is 216 g/mol. The molecular formula is C14H12O3. The smallest absolute Gasteiger partial charge is 0.185 e. The van der Waals surface area contributed by atoms with E-state index in [4.69, 9.17) is 9.15 Å². The molecule has 0 saturated heterocycles. The molecule has 1 aromatic heterocycles. The van der Waals surface area contributed by atoms with Gasteiger partial charge in [0.25, 0.3) is 0 Å². The van der Waals surface area contributed by atoms with Crippen molar-refractivity contribution in [1.29, 1.82) is 0 Å². The highest BCUT2D eigenvalue weighted by atomic mass is 16.5. The van der Waals surface area contributed by atoms with Gasteiger partial charge >= 0.3 is 0 Å². The molecule has 0 spiro atoms. The minimum atomic E-state index is 0.341. The van der Waals surface area contributed by atoms with E-state index in [0.29, 0.717) is 17.8 Å². The number of carbonyl (C=O) groups is 1. The van der Waals surface area contributed by atoms with E-state index in [1.54, 1.807) is 12.1 Å². The lowest BCUT2D eigenvalue weighted by Gasteiger charge is -2.19. The number of benzene rings is 1. The maximum atomic E-state index is 10.6. The van der Waals surface area contributed by atoms with Crippen molar-refractivity contribution in [3.05, 3.63) is 41.7 Å². The summed E-state index contributed by atoms with van der Waals surface area (Å²) in [5.74, 6) is 1.92. The van der Waals surface area contributed by atoms with Crippen LogP contribution in [0.5, 0.6) is 5.75 Å². The second-order valence-electron chi connectivity index (χ2n) is 4.07. The van der Waals surface area contributed by atoms with E-state index in [2.05, 4.69) is 6.07 Å². The van der Waals surface area contributed by atoms with E-state index in [9.17, 15) is 4.79 Å². The van der Waals surface area contributed by atoms with Gasteiger partial charge < -0.3 is 9.15 Å². The van der Waals surface area contributed by atoms with Gasteiger partial charge in [-0.05, 0) is 36.6 Å². The van der Waals surface area contributed by atoms with E-state index in [-0.39, 0.29) is 0 Å². The molecule has 3 rings (SSSR count). The molecule has 0 amide bonds. The number of hydrogen-bond acceptors (Lipinski definition) is 3. The summed E-state index contributed by atoms with van der Waals surface area (Å²) < 4.78 is 11.1. The number of rotatable bonds is 2. The van der Waals surface area contributed by atoms with Crippen molar-refractivity contribution in [2.45, 2.75) is 12.8 Å². The molecule has 2 heterocycles. The zero-order valence-corrected chi connectivity index (χ0v) is 9.31. The van der Waals surface area contributed by atoms with Crippen LogP contribution in [0.15, 0.2) is 34.7 Å². The van der Waals surface area contributed by atoms with Crippen LogP contribution in [-0.4, -0.2) is 12.9 Å². The van der Waals surface area contributed by atoms with E-state index < -0.39 is 0 Å². The molecule has 0 saturated carbocycles. The van der Waals surface area contributed by atoms with E-state index >= 15 is 0 Å². The van der Waals surface area contributed by atoms with Gasteiger partial charge in [0.15, 0.2) is 12.0 Å². The van der Waals surface area contributed by atoms with Crippen molar-refractivity contribution in [3.63, 3.8) is 0 Å². The highest BCUT2D eigenvalue weighted by molar-refractivity contribution is 5.75. The fraction of sp³-hybridized carbons (Fsp3) is 0.214. The van der Waals surface area contributed by atoms with Crippen molar-refractivity contribution >= 4 is 6.29 Å². The quantitative estimate of drug-likeness (QED) is 0.741. The Kier molecular flexibility index (Phi) is 2.44. The van der Waals surface area contributed by atoms with Crippen LogP contribution < -0.4 is 4.74 Å². The highest BCUT2D eigenvalue weighted by Gasteiger charge is 2.17. The van der Waals surface area contributed by atoms with Gasteiger partial charge in [-0.15, -0.1) is 0 Å². The molecule has 1 aliphatic heterocycles. The lowest BCUT2D eigenvalue weighted by Crippen LogP contribution is -2.08. The molecule has 86 valence electrons. The lowest BCUT2D eigenvalue weighted by molar-refractivity contribution is 0.110. The molecule has 3 nitrogen and oxygen atoms in total. The van der Waals surface area contributed by atoms with Crippen LogP contribution in [0.4, 0.5) is 0 Å². The Labute approximate surface area is 99.0 Å². The van der Waals surface area contributed by atoms with E-state index in [1.807, 2.05) is 12.1 Å². The van der Waals surface area contributed by atoms with Crippen LogP contribution >= 0.6 is 0 Å². The molecule has 0 bridgehead atoms. The van der Waals surface area contributed by atoms with Gasteiger partial charge in [-0.1, -0.05) is 12.1 Å². The third-order valence-corrected chi connectivity index (χ3v) is 2.94. The van der Waals surface area contributed by atoms with Crippen LogP contribution in [0.25, 0.3) is 11.3 Å². The van der Waals surface area contributed by atoms with Gasteiger partial charge in [-0.25, -0.2) is 0 Å². The number of ether oxygens (including phenoxy) is 1. The molecule has 3 heteroatoms. The number of fused-ring (bicyclic) bond motifs is 1. The number of aryl methyl sites for hydroxylation is 1. The zero-order valence-electron chi connectivity index (χ0n) is 9.31. The summed E-state index contributed by atoms with van der Waals surface area (Å²) >= 11 is 0. The fourth-order valence-electron chi connectivity index (χ4n) is 2.14. The SMILES string of the molecule is O=Cc1ccc(-c2cccc3c2OCCC3)o1. The number of carbonyl (C=O) groups excluding carboxylic acids is 1. The van der Waals surface area contributed by atoms with Crippen molar-refractivity contribution < 1.29 is 13.9 Å². The molecule has 1 aliphatic rings. The minimum Gasteiger partial charge on any atom is -0.493 e. The Morgan fingerprint density at radius 2 is 2.12 bits per heavy atom. The van der Waals surface area contributed by atoms with Crippen LogP contribution in [0, 0.1) is 0 Å². The maximum absolute atomic E-state index is 10.6. The summed E-state index contributed by atoms with van der Waals surface area (Å²) in [7, 11) is 0. The van der Waals surface area contributed by atoms with Crippen LogP contribution in [-0.2, 0) is 6.42 Å². The Hall–Kier alpha value is -2.03. The zero-order chi connectivity index (χ0) is 11.7. The summed E-state index contributed by atoms with van der Waals surface area (Å²) in [5, 5.41) is 0. The Bertz CT molecular complexity index is 554. The van der Waals surface area contributed by atoms with E-state index in [1.165, 1.54) is 5.56 Å². The molecule has 0 aliphatic carbocycles. The Morgan fingerprint density at radius 1 is 1.18 bits per heavy atom. The second-order valence-corrected chi connectivity index (χ2v) is 4.07. The van der Waals surface area contributed by atoms with Crippen molar-refractivity contribution in [3.8, 4) is 17.1 Å². The molecule has 1 aromatic carbocycles. The average molecular weight is 228 g/mol. The first-order valence-corrected chi connectivity index (χ1v) is 5.68. The first-order chi connectivity index (χ1) is 8.38. The summed E-state index contributed by atoms with van der Waals surface area (Å²) in [4.78, 5) is 10.6. The van der Waals surface area contributed by atoms with E-state index in [0.717, 1.165) is 30.8 Å². The standard InChI is InChI=1S/C14H12O3/c15-9-11-6-7-13(17-11)12-5-1-3-10-4-2-8-16-14(10)12/h1,3,5-7,9H,2,4,8H2. The van der Waals surface area contributed by atoms with Gasteiger partial charge in [0.2, 0.25) is 0 Å². The number of furan rings is 1. The predicted octanol–water partition coefficient (Wildman–Crippen LogP) is 3.08. The third kappa shape index (κ3) is 1.73. The fourth-order valence-corrected chi connectivity index (χ4v) is 2.14. The van der Waals surface area contributed by atoms with Gasteiger partial charge in [-0.2, -0.15) is 0 Å². The monoisotopic (exact) mass is 228 g/mol. The molecule has 2 aromatic rings. The highest BCUT2D eigenvalue weighted by Crippen LogP contribution is 2.36. The van der Waals surface area contributed by atoms with Crippen molar-refractivity contribution in [1.82, 2.24) is 0 Å². The summed E-state index contributed by atoms with van der Waals surface area (Å²) in [6, 6.07) is 9.49. The van der Waals surface area contributed by atoms with Crippen LogP contribution in [0.1, 0.15) is 22.5 Å². The lowest BCUT2D eigenvalue weighted by atomic mass is 10.0. The molecule has 0 fully saturated rings. The maximum Gasteiger partial charge on any atom is 0.185 e. The topological polar surface area (TPSA) is 39.4 Å². The first-order valence-electron chi connectivity index (χ1n) is 5.68. The Balaban J connectivity index is 2.10. The van der Waals surface area contributed by atoms with Crippen LogP contribution in [0.2, 0.25) is 0 Å². The summed E-state index contributed by atoms with van der Waals surface area (Å²) in [6.07, 6.45) is 2.79. The largest absolute Gasteiger partial charge is 0.493 e. The van der Waals surface area contributed by atoms with Gasteiger partial charge in [-0.3, -0.25) is 4.79 Å². The number of hydrogen-bond donors (Lipinski definition) is 0. The average Bonchev–Trinajstić information content (AvgIpc) is 2.87. The normalized spacial score (nSPS) is 13.9. The van der Waals surface area contributed by atoms with Crippen molar-refractivity contribution in [2.75, 3.05) is 6.61 Å². The molecule has 0 N–H and O–H groups in total. The van der Waals surface area contributed by atoms with Gasteiger partial charge in [0.1, 0.15) is 11.5 Å². The molecule has 0 unspecified atom stereocenters. The number of para-hydroxylation sites is 1. The summed E-state index contributed by atoms with van der Waals surface area (Å²) in [6.45, 7) is 0.741. The molecule has 0 radical (unpaired) electrons. The predicted molar refractivity (Wildman–Crippen MR) is 63.3 cm³/mol. The van der Waals surface area contributed by atoms with Gasteiger partial charge in [0.05, 0.1) is 12.2 Å². The summed E-state index contributed by atoms with van der Waals surface area (Å²) in [5.41, 5.74) is 2.13. The number of aldehydes is 1. The molecule has 17 heavy (non-hydrogen) atoms. The van der Waals surface area contributed by atoms with Gasteiger partial charge in [0, 0.05) is 0 Å². The van der Waals surface area contributed by atoms with Crippen molar-refractivity contribution in [2.24, 2.45) is 0 Å². The molecule has 0 atom stereocenters. The first kappa shape index (κ1) is 10.1. The Morgan fingerprint density at radius 3 is 2.94 bits per heavy atom.